The summed E-state index contributed by atoms with van der Waals surface area (Å²) in [4.78, 5) is 0. The highest BCUT2D eigenvalue weighted by molar-refractivity contribution is 4.93. The smallest absolute Gasteiger partial charge is 0.0939 e. The Morgan fingerprint density at radius 1 is 1.35 bits per heavy atom. The van der Waals surface area contributed by atoms with Crippen molar-refractivity contribution in [1.82, 2.24) is 5.32 Å². The number of ether oxygens (including phenoxy) is 2. The lowest BCUT2D eigenvalue weighted by atomic mass is 9.80. The first-order valence-electron chi connectivity index (χ1n) is 7.25. The Morgan fingerprint density at radius 3 is 2.88 bits per heavy atom. The van der Waals surface area contributed by atoms with Gasteiger partial charge in [-0.15, -0.1) is 0 Å². The van der Waals surface area contributed by atoms with E-state index >= 15 is 0 Å². The van der Waals surface area contributed by atoms with E-state index in [2.05, 4.69) is 19.2 Å². The molecule has 2 rings (SSSR count). The van der Waals surface area contributed by atoms with Gasteiger partial charge in [0.2, 0.25) is 0 Å². The first-order chi connectivity index (χ1) is 8.29. The predicted octanol–water partition coefficient (Wildman–Crippen LogP) is 2.35. The molecule has 2 aliphatic rings. The van der Waals surface area contributed by atoms with E-state index < -0.39 is 0 Å². The molecule has 100 valence electrons. The highest BCUT2D eigenvalue weighted by Gasteiger charge is 2.42. The van der Waals surface area contributed by atoms with Gasteiger partial charge in [-0.25, -0.2) is 0 Å². The van der Waals surface area contributed by atoms with E-state index in [4.69, 9.17) is 9.47 Å². The molecule has 17 heavy (non-hydrogen) atoms. The molecule has 0 saturated carbocycles. The average Bonchev–Trinajstić information content (AvgIpc) is 2.77. The Kier molecular flexibility index (Phi) is 4.83. The lowest BCUT2D eigenvalue weighted by Crippen LogP contribution is -2.47. The molecular formula is C14H27NO2. The molecular weight excluding hydrogens is 214 g/mol. The van der Waals surface area contributed by atoms with Gasteiger partial charge in [0.05, 0.1) is 12.2 Å². The first-order valence-corrected chi connectivity index (χ1v) is 7.25. The van der Waals surface area contributed by atoms with E-state index in [1.165, 1.54) is 25.7 Å². The molecule has 2 aliphatic heterocycles. The zero-order valence-corrected chi connectivity index (χ0v) is 11.3. The van der Waals surface area contributed by atoms with Gasteiger partial charge >= 0.3 is 0 Å². The van der Waals surface area contributed by atoms with E-state index in [0.29, 0.717) is 6.04 Å². The summed E-state index contributed by atoms with van der Waals surface area (Å²) in [6.07, 6.45) is 6.03. The van der Waals surface area contributed by atoms with Crippen molar-refractivity contribution in [3.63, 3.8) is 0 Å². The van der Waals surface area contributed by atoms with Crippen LogP contribution in [0, 0.1) is 5.92 Å². The van der Waals surface area contributed by atoms with Crippen molar-refractivity contribution in [2.75, 3.05) is 26.4 Å². The van der Waals surface area contributed by atoms with Crippen molar-refractivity contribution >= 4 is 0 Å². The molecule has 0 bridgehead atoms. The van der Waals surface area contributed by atoms with Crippen LogP contribution in [0.3, 0.4) is 0 Å². The highest BCUT2D eigenvalue weighted by atomic mass is 16.6. The molecule has 3 atom stereocenters. The number of hydrogen-bond acceptors (Lipinski definition) is 3. The minimum absolute atomic E-state index is 0.0599. The van der Waals surface area contributed by atoms with Crippen LogP contribution in [0.1, 0.15) is 46.0 Å². The fourth-order valence-corrected chi connectivity index (χ4v) is 3.35. The molecule has 0 radical (unpaired) electrons. The number of hydrogen-bond donors (Lipinski definition) is 1. The molecule has 0 aromatic carbocycles. The molecule has 0 amide bonds. The average molecular weight is 241 g/mol. The van der Waals surface area contributed by atoms with Gasteiger partial charge in [0.25, 0.3) is 0 Å². The molecule has 2 heterocycles. The monoisotopic (exact) mass is 241 g/mol. The molecule has 0 aromatic heterocycles. The van der Waals surface area contributed by atoms with Crippen LogP contribution in [0.15, 0.2) is 0 Å². The summed E-state index contributed by atoms with van der Waals surface area (Å²) in [6.45, 7) is 8.17. The van der Waals surface area contributed by atoms with Gasteiger partial charge in [-0.3, -0.25) is 0 Å². The molecule has 3 heteroatoms. The summed E-state index contributed by atoms with van der Waals surface area (Å²) in [5.41, 5.74) is 0.0599. The van der Waals surface area contributed by atoms with Crippen LogP contribution in [0.5, 0.6) is 0 Å². The SMILES string of the molecule is CCCC(NCC)C1CCOC2(CCOC2)C1. The van der Waals surface area contributed by atoms with Crippen LogP contribution in [-0.2, 0) is 9.47 Å². The Bertz CT molecular complexity index is 220. The van der Waals surface area contributed by atoms with Crippen LogP contribution in [-0.4, -0.2) is 38.0 Å². The van der Waals surface area contributed by atoms with Crippen LogP contribution in [0.4, 0.5) is 0 Å². The summed E-state index contributed by atoms with van der Waals surface area (Å²) in [5, 5.41) is 3.66. The largest absolute Gasteiger partial charge is 0.378 e. The first kappa shape index (κ1) is 13.3. The van der Waals surface area contributed by atoms with Crippen molar-refractivity contribution in [2.45, 2.75) is 57.6 Å². The molecule has 1 spiro atoms. The summed E-state index contributed by atoms with van der Waals surface area (Å²) in [5.74, 6) is 0.769. The molecule has 3 unspecified atom stereocenters. The molecule has 2 fully saturated rings. The normalized spacial score (nSPS) is 35.3. The van der Waals surface area contributed by atoms with Gasteiger partial charge in [0.1, 0.15) is 0 Å². The van der Waals surface area contributed by atoms with Gasteiger partial charge in [0.15, 0.2) is 0 Å². The van der Waals surface area contributed by atoms with Gasteiger partial charge in [-0.2, -0.15) is 0 Å². The summed E-state index contributed by atoms with van der Waals surface area (Å²) in [7, 11) is 0. The van der Waals surface area contributed by atoms with Gasteiger partial charge < -0.3 is 14.8 Å². The second-order valence-corrected chi connectivity index (χ2v) is 5.54. The fraction of sp³-hybridized carbons (Fsp3) is 1.00. The standard InChI is InChI=1S/C14H27NO2/c1-3-5-13(15-4-2)12-6-8-17-14(10-12)7-9-16-11-14/h12-13,15H,3-11H2,1-2H3. The minimum Gasteiger partial charge on any atom is -0.378 e. The zero-order chi connectivity index (χ0) is 12.1. The highest BCUT2D eigenvalue weighted by Crippen LogP contribution is 2.37. The summed E-state index contributed by atoms with van der Waals surface area (Å²) >= 11 is 0. The van der Waals surface area contributed by atoms with Crippen LogP contribution < -0.4 is 5.32 Å². The van der Waals surface area contributed by atoms with Crippen molar-refractivity contribution in [3.8, 4) is 0 Å². The third-order valence-electron chi connectivity index (χ3n) is 4.23. The lowest BCUT2D eigenvalue weighted by molar-refractivity contribution is -0.103. The second kappa shape index (κ2) is 6.17. The summed E-state index contributed by atoms with van der Waals surface area (Å²) in [6, 6.07) is 0.673. The topological polar surface area (TPSA) is 30.5 Å². The third kappa shape index (κ3) is 3.21. The van der Waals surface area contributed by atoms with Gasteiger partial charge in [0, 0.05) is 25.7 Å². The lowest BCUT2D eigenvalue weighted by Gasteiger charge is -2.40. The Labute approximate surface area is 105 Å². The number of nitrogens with one attached hydrogen (secondary N) is 1. The third-order valence-corrected chi connectivity index (χ3v) is 4.23. The molecule has 0 aliphatic carbocycles. The van der Waals surface area contributed by atoms with Crippen LogP contribution in [0.25, 0.3) is 0 Å². The Balaban J connectivity index is 1.94. The van der Waals surface area contributed by atoms with E-state index in [1.54, 1.807) is 0 Å². The van der Waals surface area contributed by atoms with Crippen LogP contribution in [0.2, 0.25) is 0 Å². The Hall–Kier alpha value is -0.120. The van der Waals surface area contributed by atoms with Crippen LogP contribution >= 0.6 is 0 Å². The van der Waals surface area contributed by atoms with E-state index in [0.717, 1.165) is 38.7 Å². The maximum Gasteiger partial charge on any atom is 0.0939 e. The van der Waals surface area contributed by atoms with Gasteiger partial charge in [-0.1, -0.05) is 20.3 Å². The molecule has 3 nitrogen and oxygen atoms in total. The van der Waals surface area contributed by atoms with Crippen molar-refractivity contribution in [1.29, 1.82) is 0 Å². The van der Waals surface area contributed by atoms with E-state index in [9.17, 15) is 0 Å². The maximum atomic E-state index is 6.01. The van der Waals surface area contributed by atoms with Gasteiger partial charge in [-0.05, 0) is 31.7 Å². The zero-order valence-electron chi connectivity index (χ0n) is 11.3. The van der Waals surface area contributed by atoms with E-state index in [-0.39, 0.29) is 5.60 Å². The van der Waals surface area contributed by atoms with E-state index in [1.807, 2.05) is 0 Å². The Morgan fingerprint density at radius 2 is 2.24 bits per heavy atom. The predicted molar refractivity (Wildman–Crippen MR) is 69.2 cm³/mol. The minimum atomic E-state index is 0.0599. The molecule has 2 saturated heterocycles. The fourth-order valence-electron chi connectivity index (χ4n) is 3.35. The summed E-state index contributed by atoms with van der Waals surface area (Å²) < 4.78 is 11.6. The van der Waals surface area contributed by atoms with Crippen molar-refractivity contribution in [2.24, 2.45) is 5.92 Å². The van der Waals surface area contributed by atoms with Crippen molar-refractivity contribution in [3.05, 3.63) is 0 Å². The molecule has 0 aromatic rings. The maximum absolute atomic E-state index is 6.01. The van der Waals surface area contributed by atoms with Crippen molar-refractivity contribution < 1.29 is 9.47 Å². The molecule has 1 N–H and O–H groups in total. The number of rotatable bonds is 5. The second-order valence-electron chi connectivity index (χ2n) is 5.54. The quantitative estimate of drug-likeness (QED) is 0.801.